The molecule has 0 aliphatic carbocycles. The van der Waals surface area contributed by atoms with Gasteiger partial charge in [0.15, 0.2) is 35.0 Å². The van der Waals surface area contributed by atoms with E-state index < -0.39 is 53.8 Å². The van der Waals surface area contributed by atoms with Crippen LogP contribution in [0.25, 0.3) is 27.9 Å². The number of primary amides is 2. The Morgan fingerprint density at radius 1 is 0.521 bits per heavy atom. The van der Waals surface area contributed by atoms with E-state index in [9.17, 15) is 47.9 Å². The van der Waals surface area contributed by atoms with Crippen LogP contribution in [0.3, 0.4) is 0 Å². The van der Waals surface area contributed by atoms with Crippen LogP contribution in [0.2, 0.25) is 20.1 Å². The molecule has 0 fully saturated rings. The number of rotatable bonds is 25. The summed E-state index contributed by atoms with van der Waals surface area (Å²) in [5.74, 6) is -3.47. The van der Waals surface area contributed by atoms with Crippen molar-refractivity contribution in [2.45, 2.75) is 159 Å². The van der Waals surface area contributed by atoms with Crippen molar-refractivity contribution in [2.24, 2.45) is 46.8 Å². The molecular weight excluding hydrogens is 1580 g/mol. The number of nitrogens with two attached hydrogens (primary N) is 4. The Hall–Kier alpha value is -11.0. The van der Waals surface area contributed by atoms with Crippen LogP contribution >= 0.6 is 46.4 Å². The largest absolute Gasteiger partial charge is 0.481 e. The molecule has 9 aromatic rings. The molecule has 628 valence electrons. The van der Waals surface area contributed by atoms with E-state index in [1.54, 1.807) is 155 Å². The number of ketones is 3. The number of carbonyl (C=O) groups excluding carboxylic acids is 8. The Morgan fingerprint density at radius 3 is 1.32 bits per heavy atom. The molecule has 0 saturated carbocycles. The van der Waals surface area contributed by atoms with Crippen LogP contribution in [0, 0.1) is 29.6 Å². The minimum atomic E-state index is -1.02. The smallest absolute Gasteiger partial charge is 0.416 e. The Kier molecular flexibility index (Phi) is 40.8. The normalized spacial score (nSPS) is 12.9. The lowest BCUT2D eigenvalue weighted by molar-refractivity contribution is -0.142. The van der Waals surface area contributed by atoms with Crippen LogP contribution in [-0.4, -0.2) is 132 Å². The molecule has 5 atom stereocenters. The highest BCUT2D eigenvalue weighted by Gasteiger charge is 2.31. The molecule has 5 amide bonds. The molecule has 1 aliphatic heterocycles. The molecule has 0 spiro atoms. The molecule has 2 aromatic heterocycles. The number of hydrogen-bond donors (Lipinski definition) is 8. The van der Waals surface area contributed by atoms with Gasteiger partial charge in [-0.2, -0.15) is 10.2 Å². The minimum Gasteiger partial charge on any atom is -0.481 e. The topological polar surface area (TPSA) is 406 Å². The number of carboxylic acids is 2. The fraction of sp³-hybridized carbons (Fsp3) is 0.356. The monoisotopic (exact) mass is 1690 g/mol. The number of carboxylic acid groups (broad SMARTS) is 2. The lowest BCUT2D eigenvalue weighted by Crippen LogP contribution is -2.47. The quantitative estimate of drug-likeness (QED) is 0.0246. The van der Waals surface area contributed by atoms with E-state index in [4.69, 9.17) is 93.8 Å². The third kappa shape index (κ3) is 33.6. The number of aromatic nitrogens is 4. The number of anilines is 2. The summed E-state index contributed by atoms with van der Waals surface area (Å²) in [5.41, 5.74) is 27.6. The molecule has 26 nitrogen and oxygen atoms in total. The zero-order valence-corrected chi connectivity index (χ0v) is 71.2. The first-order chi connectivity index (χ1) is 55.0. The third-order valence-electron chi connectivity index (χ3n) is 17.2. The lowest BCUT2D eigenvalue weighted by atomic mass is 9.95. The van der Waals surface area contributed by atoms with Crippen molar-refractivity contribution in [3.8, 4) is 0 Å². The number of fused-ring (bicyclic) bond motifs is 3. The summed E-state index contributed by atoms with van der Waals surface area (Å²) in [6.07, 6.45) is 3.22. The van der Waals surface area contributed by atoms with Gasteiger partial charge in [0.1, 0.15) is 18.7 Å². The predicted octanol–water partition coefficient (Wildman–Crippen LogP) is 15.7. The summed E-state index contributed by atoms with van der Waals surface area (Å²) in [4.78, 5) is 119. The average Bonchev–Trinajstić information content (AvgIpc) is 1.78. The first-order valence-electron chi connectivity index (χ1n) is 37.7. The Morgan fingerprint density at radius 2 is 0.949 bits per heavy atom. The van der Waals surface area contributed by atoms with E-state index in [2.05, 4.69) is 20.8 Å². The zero-order valence-electron chi connectivity index (χ0n) is 68.2. The van der Waals surface area contributed by atoms with Crippen LogP contribution in [0.5, 0.6) is 0 Å². The van der Waals surface area contributed by atoms with E-state index >= 15 is 0 Å². The number of halogens is 4. The van der Waals surface area contributed by atoms with Crippen LogP contribution in [0.4, 0.5) is 21.0 Å². The fourth-order valence-corrected chi connectivity index (χ4v) is 11.9. The summed E-state index contributed by atoms with van der Waals surface area (Å²) in [5, 5.41) is 34.2. The molecule has 1 unspecified atom stereocenters. The molecule has 0 radical (unpaired) electrons. The Balaban J connectivity index is 0.000000299. The molecule has 12 N–H and O–H groups in total. The number of nitrogens with one attached hydrogen (secondary N) is 2. The van der Waals surface area contributed by atoms with Gasteiger partial charge in [0.05, 0.1) is 47.4 Å². The van der Waals surface area contributed by atoms with Gasteiger partial charge in [-0.1, -0.05) is 212 Å². The standard InChI is InChI=1S/C22H23ClN4O3.C17H24ClNO3.C14H17NO3.C12H16ClNO.C10H9N3O3.C6H6ClN.C6H12O2/c1-13(2)20(18(28)11-14-6-5-7-15(23)10-14)25-19(29)12-27-17-9-4-3-8-16(17)21(26-27)22(24)30;1-11(2)15(19-16(21)22-17(3,4)5)14(20)10-12-7-6-8-13(18)9-12;1-3-17-13-10-9-11-7-5-6-8-12(11)15(13)14(16)18-4-2;1-8(2)12(14)11(15)7-9-4-3-5-10(13)6-9;11-10(16)9-6-3-1-2-4-7(6)13(12-9)5-8(14)15;7-5-2-1-3-6(8)4-5;1-4(2)5(3)6(7)8/h3-10,13,20H,11-12H2,1-2H3,(H2,24,30)(H,25,29);6-9,11,15H,10H2,1-5H3,(H,19,21);5-10,13H,3-4H2,1-2H3;3-6,8,12H,7,14H2,1-2H3;1-4H,5H2,(H2,11,16)(H,14,15);1-4H,8H2;4-5H,1-3H3,(H,7,8)/t20-;15-;;12-;;;5-/m00.0..0/s1. The number of nitrogens with zero attached hydrogens (tertiary/aromatic N) is 5. The van der Waals surface area contributed by atoms with Gasteiger partial charge in [-0.15, -0.1) is 0 Å². The number of nitrogen functional groups attached to an aromatic ring is 1. The second-order valence-corrected chi connectivity index (χ2v) is 30.9. The summed E-state index contributed by atoms with van der Waals surface area (Å²) in [6, 6.07) is 48.6. The van der Waals surface area contributed by atoms with Gasteiger partial charge in [0, 0.05) is 62.4 Å². The van der Waals surface area contributed by atoms with Gasteiger partial charge < -0.3 is 58.0 Å². The highest BCUT2D eigenvalue weighted by atomic mass is 35.5. The van der Waals surface area contributed by atoms with Gasteiger partial charge in [0.2, 0.25) is 5.91 Å². The van der Waals surface area contributed by atoms with Crippen LogP contribution in [0.15, 0.2) is 176 Å². The van der Waals surface area contributed by atoms with Crippen molar-refractivity contribution in [1.29, 1.82) is 0 Å². The van der Waals surface area contributed by atoms with Gasteiger partial charge in [0.25, 0.3) is 11.8 Å². The van der Waals surface area contributed by atoms with Crippen LogP contribution < -0.4 is 38.5 Å². The first-order valence-corrected chi connectivity index (χ1v) is 39.2. The van der Waals surface area contributed by atoms with Gasteiger partial charge in [-0.3, -0.25) is 47.7 Å². The highest BCUT2D eigenvalue weighted by molar-refractivity contribution is 6.31. The number of para-hydroxylation sites is 3. The Labute approximate surface area is 702 Å². The van der Waals surface area contributed by atoms with E-state index in [1.165, 1.54) is 9.36 Å². The van der Waals surface area contributed by atoms with E-state index in [-0.39, 0.29) is 102 Å². The maximum atomic E-state index is 12.8. The summed E-state index contributed by atoms with van der Waals surface area (Å²) < 4.78 is 18.5. The number of aliphatic carboxylic acids is 2. The van der Waals surface area contributed by atoms with Crippen LogP contribution in [-0.2, 0) is 75.3 Å². The summed E-state index contributed by atoms with van der Waals surface area (Å²) >= 11 is 23.3. The number of amides is 5. The van der Waals surface area contributed by atoms with Crippen molar-refractivity contribution >= 4 is 145 Å². The van der Waals surface area contributed by atoms with Crippen molar-refractivity contribution in [1.82, 2.24) is 30.2 Å². The maximum absolute atomic E-state index is 12.8. The molecule has 7 aromatic carbocycles. The molecule has 1 aliphatic rings. The third-order valence-corrected chi connectivity index (χ3v) is 18.1. The zero-order chi connectivity index (χ0) is 87.6. The molecule has 3 heterocycles. The summed E-state index contributed by atoms with van der Waals surface area (Å²) in [7, 11) is 0. The van der Waals surface area contributed by atoms with Crippen LogP contribution in [0.1, 0.15) is 140 Å². The van der Waals surface area contributed by atoms with Gasteiger partial charge in [-0.05, 0) is 159 Å². The number of alkyl carbamates (subject to hydrolysis) is 1. The number of carbonyl (C=O) groups is 10. The van der Waals surface area contributed by atoms with Crippen molar-refractivity contribution in [3.05, 3.63) is 230 Å². The fourth-order valence-electron chi connectivity index (χ4n) is 11.0. The molecule has 0 bridgehead atoms. The SMILES string of the molecule is CC(C)[C@H](C)C(=O)O.CC(C)[C@H](N)C(=O)Cc1cccc(Cl)c1.CC(C)[C@H](NC(=O)Cn1nc(C(N)=O)c2ccccc21)C(=O)Cc1cccc(Cl)c1.CC(C)[C@H](NC(=O)OC(C)(C)C)C(=O)Cc1cccc(Cl)c1.CCOC(=O)N1c2ccccc2C=CC1OCC.NC(=O)c1nn(CC(=O)O)c2ccccc12.Nc1cccc(Cl)c1. The lowest BCUT2D eigenvalue weighted by Gasteiger charge is -2.32. The number of hydrogen-bond acceptors (Lipinski definition) is 17. The van der Waals surface area contributed by atoms with E-state index in [0.717, 1.165) is 27.9 Å². The number of ether oxygens (including phenoxy) is 3. The molecule has 0 saturated heterocycles. The van der Waals surface area contributed by atoms with Crippen molar-refractivity contribution < 1.29 is 72.4 Å². The van der Waals surface area contributed by atoms with E-state index in [0.29, 0.717) is 67.2 Å². The van der Waals surface area contributed by atoms with Gasteiger partial charge >= 0.3 is 24.1 Å². The molecule has 117 heavy (non-hydrogen) atoms. The van der Waals surface area contributed by atoms with Crippen molar-refractivity contribution in [3.63, 3.8) is 0 Å². The minimum absolute atomic E-state index is 0.0285. The second-order valence-electron chi connectivity index (χ2n) is 29.2. The molecule has 10 rings (SSSR count). The van der Waals surface area contributed by atoms with E-state index in [1.807, 2.05) is 129 Å². The maximum Gasteiger partial charge on any atom is 0.416 e. The molecule has 30 heteroatoms. The number of Topliss-reactive ketones (excluding diaryl/α,β-unsaturated/α-hetero) is 3. The average molecular weight is 1690 g/mol. The summed E-state index contributed by atoms with van der Waals surface area (Å²) in [6.45, 7) is 26.4. The predicted molar refractivity (Wildman–Crippen MR) is 460 cm³/mol. The highest BCUT2D eigenvalue weighted by Crippen LogP contribution is 2.31. The first kappa shape index (κ1) is 98.4. The molecular formula is C87H107Cl4N11O15. The second kappa shape index (κ2) is 48.5. The van der Waals surface area contributed by atoms with Gasteiger partial charge in [-0.25, -0.2) is 14.5 Å². The van der Waals surface area contributed by atoms with Crippen molar-refractivity contribution in [2.75, 3.05) is 23.8 Å². The number of benzene rings is 7. The Bertz CT molecular complexity index is 4850.